The van der Waals surface area contributed by atoms with Crippen LogP contribution in [0.3, 0.4) is 0 Å². The molecule has 6 heteroatoms. The Hall–Kier alpha value is -0.840. The highest BCUT2D eigenvalue weighted by Crippen LogP contribution is 2.26. The number of nitrogens with zero attached hydrogens (tertiary/aromatic N) is 1. The third-order valence-electron chi connectivity index (χ3n) is 3.14. The molecule has 0 unspecified atom stereocenters. The fourth-order valence-corrected chi connectivity index (χ4v) is 2.48. The van der Waals surface area contributed by atoms with Gasteiger partial charge in [-0.2, -0.15) is 0 Å². The van der Waals surface area contributed by atoms with Gasteiger partial charge in [-0.1, -0.05) is 23.2 Å². The first-order chi connectivity index (χ1) is 8.50. The lowest BCUT2D eigenvalue weighted by atomic mass is 10.1. The zero-order chi connectivity index (χ0) is 13.3. The van der Waals surface area contributed by atoms with Crippen molar-refractivity contribution in [3.05, 3.63) is 33.6 Å². The van der Waals surface area contributed by atoms with Crippen molar-refractivity contribution in [2.45, 2.75) is 12.5 Å². The summed E-state index contributed by atoms with van der Waals surface area (Å²) in [7, 11) is 1.70. The van der Waals surface area contributed by atoms with Gasteiger partial charge < -0.3 is 10.2 Å². The van der Waals surface area contributed by atoms with E-state index in [1.165, 1.54) is 6.07 Å². The quantitative estimate of drug-likeness (QED) is 0.849. The van der Waals surface area contributed by atoms with E-state index in [0.717, 1.165) is 25.6 Å². The van der Waals surface area contributed by atoms with Gasteiger partial charge in [0.05, 0.1) is 15.6 Å². The molecule has 1 amide bonds. The van der Waals surface area contributed by atoms with Crippen LogP contribution in [-0.4, -0.2) is 37.0 Å². The van der Waals surface area contributed by atoms with Gasteiger partial charge in [0.15, 0.2) is 0 Å². The van der Waals surface area contributed by atoms with Crippen LogP contribution in [0, 0.1) is 5.82 Å². The summed E-state index contributed by atoms with van der Waals surface area (Å²) in [5.74, 6) is -0.924. The first-order valence-corrected chi connectivity index (χ1v) is 6.38. The Bertz CT molecular complexity index is 475. The average molecular weight is 291 g/mol. The van der Waals surface area contributed by atoms with Gasteiger partial charge in [0.2, 0.25) is 0 Å². The molecule has 1 N–H and O–H groups in total. The third-order valence-corrected chi connectivity index (χ3v) is 3.75. The summed E-state index contributed by atoms with van der Waals surface area (Å²) in [6.45, 7) is 1.63. The summed E-state index contributed by atoms with van der Waals surface area (Å²) in [6, 6.07) is 2.46. The van der Waals surface area contributed by atoms with Gasteiger partial charge in [-0.05, 0) is 25.1 Å². The van der Waals surface area contributed by atoms with Crippen LogP contribution in [0.15, 0.2) is 12.1 Å². The van der Waals surface area contributed by atoms with E-state index in [0.29, 0.717) is 0 Å². The minimum atomic E-state index is -0.637. The lowest BCUT2D eigenvalue weighted by Gasteiger charge is -2.24. The first-order valence-electron chi connectivity index (χ1n) is 5.63. The normalized spacial score (nSPS) is 19.0. The molecule has 1 aliphatic rings. The molecule has 0 radical (unpaired) electrons. The molecule has 1 aromatic rings. The molecule has 0 saturated carbocycles. The number of likely N-dealkylation sites (N-methyl/N-ethyl adjacent to an activating group) is 1. The summed E-state index contributed by atoms with van der Waals surface area (Å²) < 4.78 is 13.4. The average Bonchev–Trinajstić information content (AvgIpc) is 2.85. The second kappa shape index (κ2) is 5.43. The predicted molar refractivity (Wildman–Crippen MR) is 69.8 cm³/mol. The molecule has 1 saturated heterocycles. The summed E-state index contributed by atoms with van der Waals surface area (Å²) in [5, 5.41) is 3.26. The maximum Gasteiger partial charge on any atom is 0.255 e. The van der Waals surface area contributed by atoms with E-state index in [2.05, 4.69) is 5.32 Å². The maximum absolute atomic E-state index is 13.4. The number of hydrogen-bond donors (Lipinski definition) is 1. The zero-order valence-electron chi connectivity index (χ0n) is 9.84. The second-order valence-electron chi connectivity index (χ2n) is 4.31. The molecule has 0 spiro atoms. The summed E-state index contributed by atoms with van der Waals surface area (Å²) in [4.78, 5) is 13.8. The SMILES string of the molecule is CN(C(=O)c1cc(F)c(Cl)cc1Cl)[C@@H]1CCNC1. The van der Waals surface area contributed by atoms with Crippen molar-refractivity contribution < 1.29 is 9.18 Å². The van der Waals surface area contributed by atoms with Gasteiger partial charge in [-0.15, -0.1) is 0 Å². The predicted octanol–water partition coefficient (Wildman–Crippen LogP) is 2.57. The van der Waals surface area contributed by atoms with E-state index in [1.807, 2.05) is 0 Å². The number of carbonyl (C=O) groups excluding carboxylic acids is 1. The summed E-state index contributed by atoms with van der Waals surface area (Å²) in [5.41, 5.74) is 0.146. The van der Waals surface area contributed by atoms with Crippen LogP contribution in [0.25, 0.3) is 0 Å². The molecule has 1 aromatic carbocycles. The largest absolute Gasteiger partial charge is 0.337 e. The second-order valence-corrected chi connectivity index (χ2v) is 5.12. The monoisotopic (exact) mass is 290 g/mol. The van der Waals surface area contributed by atoms with Crippen molar-refractivity contribution in [1.82, 2.24) is 10.2 Å². The molecular formula is C12H13Cl2FN2O. The molecule has 1 aliphatic heterocycles. The number of benzene rings is 1. The molecule has 18 heavy (non-hydrogen) atoms. The molecular weight excluding hydrogens is 278 g/mol. The Balaban J connectivity index is 2.25. The van der Waals surface area contributed by atoms with E-state index in [4.69, 9.17) is 23.2 Å². The topological polar surface area (TPSA) is 32.3 Å². The Labute approximate surface area is 115 Å². The number of amides is 1. The number of halogens is 3. The highest BCUT2D eigenvalue weighted by atomic mass is 35.5. The third kappa shape index (κ3) is 2.60. The van der Waals surface area contributed by atoms with Crippen LogP contribution >= 0.6 is 23.2 Å². The number of carbonyl (C=O) groups is 1. The Morgan fingerprint density at radius 3 is 2.78 bits per heavy atom. The lowest BCUT2D eigenvalue weighted by Crippen LogP contribution is -2.38. The summed E-state index contributed by atoms with van der Waals surface area (Å²) >= 11 is 11.5. The van der Waals surface area contributed by atoms with Gasteiger partial charge in [-0.25, -0.2) is 4.39 Å². The van der Waals surface area contributed by atoms with Crippen LogP contribution in [0.1, 0.15) is 16.8 Å². The highest BCUT2D eigenvalue weighted by molar-refractivity contribution is 6.36. The Morgan fingerprint density at radius 2 is 2.17 bits per heavy atom. The Kier molecular flexibility index (Phi) is 4.10. The van der Waals surface area contributed by atoms with Crippen LogP contribution in [0.5, 0.6) is 0 Å². The van der Waals surface area contributed by atoms with Crippen molar-refractivity contribution in [3.63, 3.8) is 0 Å². The zero-order valence-corrected chi connectivity index (χ0v) is 11.4. The van der Waals surface area contributed by atoms with Crippen molar-refractivity contribution in [3.8, 4) is 0 Å². The van der Waals surface area contributed by atoms with E-state index >= 15 is 0 Å². The molecule has 2 rings (SSSR count). The van der Waals surface area contributed by atoms with Crippen molar-refractivity contribution in [2.24, 2.45) is 0 Å². The molecule has 0 bridgehead atoms. The van der Waals surface area contributed by atoms with Gasteiger partial charge in [0.1, 0.15) is 5.82 Å². The number of rotatable bonds is 2. The molecule has 1 heterocycles. The van der Waals surface area contributed by atoms with Crippen LogP contribution < -0.4 is 5.32 Å². The smallest absolute Gasteiger partial charge is 0.255 e. The van der Waals surface area contributed by atoms with Crippen LogP contribution in [0.2, 0.25) is 10.0 Å². The number of nitrogens with one attached hydrogen (secondary N) is 1. The standard InChI is InChI=1S/C12H13Cl2FN2O/c1-17(7-2-3-16-6-7)12(18)8-4-11(15)10(14)5-9(8)13/h4-5,7,16H,2-3,6H2,1H3/t7-/m1/s1. The molecule has 1 atom stereocenters. The van der Waals surface area contributed by atoms with Crippen molar-refractivity contribution in [1.29, 1.82) is 0 Å². The first kappa shape index (κ1) is 13.6. The summed E-state index contributed by atoms with van der Waals surface area (Å²) in [6.07, 6.45) is 0.885. The van der Waals surface area contributed by atoms with Gasteiger partial charge in [0, 0.05) is 19.6 Å². The van der Waals surface area contributed by atoms with Crippen molar-refractivity contribution >= 4 is 29.1 Å². The van der Waals surface area contributed by atoms with Gasteiger partial charge in [0.25, 0.3) is 5.91 Å². The minimum absolute atomic E-state index is 0.0817. The number of hydrogen-bond acceptors (Lipinski definition) is 2. The van der Waals surface area contributed by atoms with E-state index in [9.17, 15) is 9.18 Å². The minimum Gasteiger partial charge on any atom is -0.337 e. The van der Waals surface area contributed by atoms with Crippen molar-refractivity contribution in [2.75, 3.05) is 20.1 Å². The van der Waals surface area contributed by atoms with E-state index in [1.54, 1.807) is 11.9 Å². The van der Waals surface area contributed by atoms with Gasteiger partial charge in [-0.3, -0.25) is 4.79 Å². The van der Waals surface area contributed by atoms with Crippen LogP contribution in [0.4, 0.5) is 4.39 Å². The molecule has 98 valence electrons. The fraction of sp³-hybridized carbons (Fsp3) is 0.417. The lowest BCUT2D eigenvalue weighted by molar-refractivity contribution is 0.0743. The van der Waals surface area contributed by atoms with E-state index < -0.39 is 5.82 Å². The molecule has 1 fully saturated rings. The Morgan fingerprint density at radius 1 is 1.44 bits per heavy atom. The molecule has 0 aliphatic carbocycles. The molecule has 3 nitrogen and oxygen atoms in total. The van der Waals surface area contributed by atoms with Gasteiger partial charge >= 0.3 is 0 Å². The highest BCUT2D eigenvalue weighted by Gasteiger charge is 2.25. The van der Waals surface area contributed by atoms with Crippen LogP contribution in [-0.2, 0) is 0 Å². The van der Waals surface area contributed by atoms with E-state index in [-0.39, 0.29) is 27.6 Å². The maximum atomic E-state index is 13.4. The fourth-order valence-electron chi connectivity index (χ4n) is 2.01. The molecule has 0 aromatic heterocycles.